The van der Waals surface area contributed by atoms with Gasteiger partial charge >= 0.3 is 0 Å². The van der Waals surface area contributed by atoms with Crippen LogP contribution >= 0.6 is 11.8 Å². The van der Waals surface area contributed by atoms with E-state index >= 15 is 0 Å². The lowest BCUT2D eigenvalue weighted by Gasteiger charge is -2.45. The summed E-state index contributed by atoms with van der Waals surface area (Å²) in [6.45, 7) is 10.1. The minimum atomic E-state index is 0.382. The fourth-order valence-corrected chi connectivity index (χ4v) is 3.91. The molecule has 0 aromatic carbocycles. The van der Waals surface area contributed by atoms with E-state index in [2.05, 4.69) is 39.5 Å². The summed E-state index contributed by atoms with van der Waals surface area (Å²) >= 11 is 2.13. The first-order chi connectivity index (χ1) is 6.17. The Kier molecular flexibility index (Phi) is 4.11. The molecule has 1 heterocycles. The van der Waals surface area contributed by atoms with Gasteiger partial charge in [0.25, 0.3) is 0 Å². The van der Waals surface area contributed by atoms with E-state index in [-0.39, 0.29) is 0 Å². The van der Waals surface area contributed by atoms with Crippen molar-refractivity contribution < 1.29 is 4.74 Å². The zero-order valence-corrected chi connectivity index (χ0v) is 10.1. The average molecular weight is 202 g/mol. The van der Waals surface area contributed by atoms with Gasteiger partial charge in [0.05, 0.1) is 12.7 Å². The van der Waals surface area contributed by atoms with Crippen LogP contribution in [0, 0.1) is 5.92 Å². The molecule has 1 aliphatic rings. The second-order valence-corrected chi connectivity index (χ2v) is 5.54. The first kappa shape index (κ1) is 11.4. The largest absolute Gasteiger partial charge is 0.376 e. The standard InChI is InChI=1S/C11H22OS/c1-5-10-11(6-2,9(3)4)13-8-7-12-10/h9-10H,5-8H2,1-4H3. The summed E-state index contributed by atoms with van der Waals surface area (Å²) in [5.74, 6) is 1.88. The molecule has 0 aromatic heterocycles. The third kappa shape index (κ3) is 2.04. The number of rotatable bonds is 3. The third-order valence-corrected chi connectivity index (χ3v) is 5.15. The molecule has 1 saturated heterocycles. The molecule has 1 rings (SSSR count). The Hall–Kier alpha value is 0.310. The smallest absolute Gasteiger partial charge is 0.0721 e. The van der Waals surface area contributed by atoms with Gasteiger partial charge in [0.15, 0.2) is 0 Å². The minimum Gasteiger partial charge on any atom is -0.376 e. The molecule has 1 aliphatic heterocycles. The van der Waals surface area contributed by atoms with E-state index in [0.29, 0.717) is 16.8 Å². The molecule has 0 amide bonds. The molecular formula is C11H22OS. The van der Waals surface area contributed by atoms with E-state index < -0.39 is 0 Å². The predicted octanol–water partition coefficient (Wildman–Crippen LogP) is 3.33. The molecule has 0 spiro atoms. The molecule has 0 bridgehead atoms. The SMILES string of the molecule is CCC1OCCSC1(CC)C(C)C. The van der Waals surface area contributed by atoms with Crippen molar-refractivity contribution in [3.05, 3.63) is 0 Å². The van der Waals surface area contributed by atoms with Crippen molar-refractivity contribution in [1.82, 2.24) is 0 Å². The van der Waals surface area contributed by atoms with Crippen LogP contribution in [0.4, 0.5) is 0 Å². The molecular weight excluding hydrogens is 180 g/mol. The normalized spacial score (nSPS) is 35.3. The van der Waals surface area contributed by atoms with E-state index in [1.807, 2.05) is 0 Å². The molecule has 0 aliphatic carbocycles. The van der Waals surface area contributed by atoms with Crippen molar-refractivity contribution in [3.8, 4) is 0 Å². The predicted molar refractivity (Wildman–Crippen MR) is 60.3 cm³/mol. The van der Waals surface area contributed by atoms with Gasteiger partial charge in [0, 0.05) is 10.5 Å². The number of ether oxygens (including phenoxy) is 1. The zero-order valence-electron chi connectivity index (χ0n) is 9.30. The Morgan fingerprint density at radius 1 is 1.46 bits per heavy atom. The summed E-state index contributed by atoms with van der Waals surface area (Å²) in [5, 5.41) is 0. The summed E-state index contributed by atoms with van der Waals surface area (Å²) in [4.78, 5) is 0. The maximum atomic E-state index is 5.87. The van der Waals surface area contributed by atoms with Crippen LogP contribution in [0.15, 0.2) is 0 Å². The van der Waals surface area contributed by atoms with E-state index in [1.54, 1.807) is 0 Å². The second-order valence-electron chi connectivity index (χ2n) is 4.08. The van der Waals surface area contributed by atoms with Crippen molar-refractivity contribution in [2.24, 2.45) is 5.92 Å². The molecule has 2 heteroatoms. The molecule has 0 saturated carbocycles. The van der Waals surface area contributed by atoms with Crippen LogP contribution < -0.4 is 0 Å². The van der Waals surface area contributed by atoms with Gasteiger partial charge in [0.1, 0.15) is 0 Å². The summed E-state index contributed by atoms with van der Waals surface area (Å²) in [6, 6.07) is 0. The lowest BCUT2D eigenvalue weighted by atomic mass is 9.85. The molecule has 0 aromatic rings. The van der Waals surface area contributed by atoms with Crippen LogP contribution in [0.25, 0.3) is 0 Å². The highest BCUT2D eigenvalue weighted by atomic mass is 32.2. The number of thioether (sulfide) groups is 1. The average Bonchev–Trinajstić information content (AvgIpc) is 2.17. The van der Waals surface area contributed by atoms with E-state index in [1.165, 1.54) is 12.2 Å². The summed E-state index contributed by atoms with van der Waals surface area (Å²) in [6.07, 6.45) is 2.85. The Morgan fingerprint density at radius 3 is 2.54 bits per heavy atom. The quantitative estimate of drug-likeness (QED) is 0.694. The Balaban J connectivity index is 2.78. The monoisotopic (exact) mass is 202 g/mol. The van der Waals surface area contributed by atoms with E-state index in [4.69, 9.17) is 4.74 Å². The summed E-state index contributed by atoms with van der Waals surface area (Å²) in [7, 11) is 0. The third-order valence-electron chi connectivity index (χ3n) is 3.22. The number of hydrogen-bond donors (Lipinski definition) is 0. The van der Waals surface area contributed by atoms with Crippen LogP contribution in [0.2, 0.25) is 0 Å². The lowest BCUT2D eigenvalue weighted by Crippen LogP contribution is -2.48. The van der Waals surface area contributed by atoms with Crippen LogP contribution in [0.3, 0.4) is 0 Å². The van der Waals surface area contributed by atoms with Crippen LogP contribution in [-0.2, 0) is 4.74 Å². The van der Waals surface area contributed by atoms with Gasteiger partial charge < -0.3 is 4.74 Å². The van der Waals surface area contributed by atoms with Gasteiger partial charge in [-0.2, -0.15) is 0 Å². The first-order valence-corrected chi connectivity index (χ1v) is 6.41. The first-order valence-electron chi connectivity index (χ1n) is 5.43. The molecule has 0 radical (unpaired) electrons. The van der Waals surface area contributed by atoms with Crippen molar-refractivity contribution in [1.29, 1.82) is 0 Å². The van der Waals surface area contributed by atoms with Crippen LogP contribution in [0.5, 0.6) is 0 Å². The molecule has 78 valence electrons. The Bertz CT molecular complexity index is 158. The maximum absolute atomic E-state index is 5.87. The summed E-state index contributed by atoms with van der Waals surface area (Å²) < 4.78 is 6.26. The van der Waals surface area contributed by atoms with Crippen molar-refractivity contribution in [2.45, 2.75) is 51.4 Å². The highest BCUT2D eigenvalue weighted by Crippen LogP contribution is 2.44. The van der Waals surface area contributed by atoms with Gasteiger partial charge in [-0.15, -0.1) is 11.8 Å². The fourth-order valence-electron chi connectivity index (χ4n) is 2.40. The maximum Gasteiger partial charge on any atom is 0.0721 e. The Morgan fingerprint density at radius 2 is 2.15 bits per heavy atom. The molecule has 1 nitrogen and oxygen atoms in total. The van der Waals surface area contributed by atoms with Crippen molar-refractivity contribution in [3.63, 3.8) is 0 Å². The van der Waals surface area contributed by atoms with Crippen molar-refractivity contribution >= 4 is 11.8 Å². The highest BCUT2D eigenvalue weighted by Gasteiger charge is 2.42. The van der Waals surface area contributed by atoms with Gasteiger partial charge in [-0.05, 0) is 18.8 Å². The molecule has 1 fully saturated rings. The van der Waals surface area contributed by atoms with Gasteiger partial charge in [-0.25, -0.2) is 0 Å². The topological polar surface area (TPSA) is 9.23 Å². The van der Waals surface area contributed by atoms with E-state index in [0.717, 1.165) is 13.0 Å². The van der Waals surface area contributed by atoms with Gasteiger partial charge in [-0.1, -0.05) is 27.7 Å². The van der Waals surface area contributed by atoms with Crippen molar-refractivity contribution in [2.75, 3.05) is 12.4 Å². The number of hydrogen-bond acceptors (Lipinski definition) is 2. The van der Waals surface area contributed by atoms with Crippen LogP contribution in [-0.4, -0.2) is 23.2 Å². The van der Waals surface area contributed by atoms with Gasteiger partial charge in [0.2, 0.25) is 0 Å². The molecule has 2 unspecified atom stereocenters. The fraction of sp³-hybridized carbons (Fsp3) is 1.00. The zero-order chi connectivity index (χ0) is 9.90. The second kappa shape index (κ2) is 4.70. The van der Waals surface area contributed by atoms with E-state index in [9.17, 15) is 0 Å². The molecule has 0 N–H and O–H groups in total. The van der Waals surface area contributed by atoms with Crippen LogP contribution in [0.1, 0.15) is 40.5 Å². The molecule has 2 atom stereocenters. The minimum absolute atomic E-state index is 0.382. The highest BCUT2D eigenvalue weighted by molar-refractivity contribution is 8.00. The molecule has 13 heavy (non-hydrogen) atoms. The Labute approximate surface area is 86.6 Å². The summed E-state index contributed by atoms with van der Waals surface area (Å²) in [5.41, 5.74) is 0. The van der Waals surface area contributed by atoms with Gasteiger partial charge in [-0.3, -0.25) is 0 Å². The lowest BCUT2D eigenvalue weighted by molar-refractivity contribution is 0.00896.